The molecule has 0 fully saturated rings. The molecule has 4 rings (SSSR count). The van der Waals surface area contributed by atoms with Crippen LogP contribution in [-0.2, 0) is 4.79 Å². The molecule has 0 saturated carbocycles. The maximum absolute atomic E-state index is 12.3. The average Bonchev–Trinajstić information content (AvgIpc) is 3.32. The van der Waals surface area contributed by atoms with Gasteiger partial charge in [-0.1, -0.05) is 17.8 Å². The highest BCUT2D eigenvalue weighted by Crippen LogP contribution is 2.29. The number of rotatable bonds is 9. The third-order valence-corrected chi connectivity index (χ3v) is 5.66. The van der Waals surface area contributed by atoms with Crippen LogP contribution in [0.4, 0.5) is 0 Å². The van der Waals surface area contributed by atoms with Gasteiger partial charge in [0.2, 0.25) is 0 Å². The highest BCUT2D eigenvalue weighted by Gasteiger charge is 2.17. The van der Waals surface area contributed by atoms with Crippen molar-refractivity contribution in [3.8, 4) is 28.6 Å². The van der Waals surface area contributed by atoms with E-state index < -0.39 is 0 Å². The topological polar surface area (TPSA) is 104 Å². The molecule has 1 amide bonds. The number of carbonyl (C=O) groups is 1. The normalized spacial score (nSPS) is 10.9. The predicted molar refractivity (Wildman–Crippen MR) is 131 cm³/mol. The van der Waals surface area contributed by atoms with E-state index in [0.717, 1.165) is 28.3 Å². The van der Waals surface area contributed by atoms with Crippen LogP contribution in [0.15, 0.2) is 83.3 Å². The molecule has 4 aromatic rings. The van der Waals surface area contributed by atoms with Gasteiger partial charge in [-0.2, -0.15) is 5.10 Å². The molecule has 2 aromatic heterocycles. The van der Waals surface area contributed by atoms with Crippen molar-refractivity contribution in [2.75, 3.05) is 20.0 Å². The molecule has 1 N–H and O–H groups in total. The predicted octanol–water partition coefficient (Wildman–Crippen LogP) is 3.59. The second kappa shape index (κ2) is 11.1. The van der Waals surface area contributed by atoms with Crippen molar-refractivity contribution in [3.05, 3.63) is 78.6 Å². The van der Waals surface area contributed by atoms with Gasteiger partial charge >= 0.3 is 0 Å². The molecule has 34 heavy (non-hydrogen) atoms. The van der Waals surface area contributed by atoms with E-state index in [-0.39, 0.29) is 11.7 Å². The largest absolute Gasteiger partial charge is 0.497 e. The molecule has 0 saturated heterocycles. The van der Waals surface area contributed by atoms with Crippen LogP contribution in [0.5, 0.6) is 11.5 Å². The number of hydrazone groups is 1. The molecular weight excluding hydrogens is 452 g/mol. The quantitative estimate of drug-likeness (QED) is 0.225. The van der Waals surface area contributed by atoms with Crippen LogP contribution in [0.2, 0.25) is 0 Å². The van der Waals surface area contributed by atoms with Gasteiger partial charge in [-0.25, -0.2) is 5.43 Å². The van der Waals surface area contributed by atoms with Crippen molar-refractivity contribution >= 4 is 23.9 Å². The second-order valence-corrected chi connectivity index (χ2v) is 7.88. The number of carbonyl (C=O) groups excluding carboxylic acids is 1. The summed E-state index contributed by atoms with van der Waals surface area (Å²) in [6.45, 7) is 0. The monoisotopic (exact) mass is 474 g/mol. The Morgan fingerprint density at radius 3 is 2.38 bits per heavy atom. The van der Waals surface area contributed by atoms with Gasteiger partial charge in [-0.3, -0.25) is 14.3 Å². The smallest absolute Gasteiger partial charge is 0.250 e. The van der Waals surface area contributed by atoms with Crippen LogP contribution in [-0.4, -0.2) is 51.8 Å². The Labute approximate surface area is 200 Å². The summed E-state index contributed by atoms with van der Waals surface area (Å²) >= 11 is 1.26. The highest BCUT2D eigenvalue weighted by molar-refractivity contribution is 7.99. The molecule has 0 atom stereocenters. The maximum atomic E-state index is 12.3. The van der Waals surface area contributed by atoms with Crippen molar-refractivity contribution in [3.63, 3.8) is 0 Å². The van der Waals surface area contributed by atoms with E-state index in [0.29, 0.717) is 11.0 Å². The lowest BCUT2D eigenvalue weighted by atomic mass is 10.2. The van der Waals surface area contributed by atoms with E-state index in [9.17, 15) is 4.79 Å². The van der Waals surface area contributed by atoms with Gasteiger partial charge in [0.15, 0.2) is 11.0 Å². The second-order valence-electron chi connectivity index (χ2n) is 6.94. The summed E-state index contributed by atoms with van der Waals surface area (Å²) in [6.07, 6.45) is 4.87. The van der Waals surface area contributed by atoms with Crippen molar-refractivity contribution in [1.29, 1.82) is 0 Å². The molecule has 0 spiro atoms. The third kappa shape index (κ3) is 5.59. The van der Waals surface area contributed by atoms with Crippen LogP contribution in [0.1, 0.15) is 5.56 Å². The van der Waals surface area contributed by atoms with Crippen LogP contribution in [0, 0.1) is 0 Å². The number of aromatic nitrogens is 4. The molecular formula is C24H22N6O3S. The van der Waals surface area contributed by atoms with Gasteiger partial charge in [0, 0.05) is 29.2 Å². The number of methoxy groups -OCH3 is 2. The van der Waals surface area contributed by atoms with Gasteiger partial charge in [0.05, 0.1) is 26.2 Å². The lowest BCUT2D eigenvalue weighted by Gasteiger charge is -2.11. The lowest BCUT2D eigenvalue weighted by Crippen LogP contribution is -2.20. The molecule has 0 unspecified atom stereocenters. The zero-order valence-corrected chi connectivity index (χ0v) is 19.4. The Bertz CT molecular complexity index is 1260. The van der Waals surface area contributed by atoms with Gasteiger partial charge in [-0.05, 0) is 54.6 Å². The van der Waals surface area contributed by atoms with Crippen LogP contribution >= 0.6 is 11.8 Å². The average molecular weight is 475 g/mol. The Kier molecular flexibility index (Phi) is 7.51. The van der Waals surface area contributed by atoms with Crippen molar-refractivity contribution < 1.29 is 14.3 Å². The van der Waals surface area contributed by atoms with Crippen molar-refractivity contribution in [2.24, 2.45) is 5.10 Å². The van der Waals surface area contributed by atoms with E-state index in [1.54, 1.807) is 32.7 Å². The Hall–Kier alpha value is -4.18. The van der Waals surface area contributed by atoms with Crippen LogP contribution in [0.25, 0.3) is 17.1 Å². The molecule has 0 radical (unpaired) electrons. The Morgan fingerprint density at radius 1 is 1.03 bits per heavy atom. The van der Waals surface area contributed by atoms with E-state index in [1.807, 2.05) is 59.2 Å². The van der Waals surface area contributed by atoms with E-state index >= 15 is 0 Å². The summed E-state index contributed by atoms with van der Waals surface area (Å²) in [5.74, 6) is 1.98. The first-order valence-corrected chi connectivity index (χ1v) is 11.3. The SMILES string of the molecule is COc1ccc(-c2nnc(SCC(=O)NN=Cc3cccnc3)n2-c2ccc(OC)cc2)cc1. The Morgan fingerprint density at radius 2 is 1.74 bits per heavy atom. The number of ether oxygens (including phenoxy) is 2. The fraction of sp³-hybridized carbons (Fsp3) is 0.125. The van der Waals surface area contributed by atoms with E-state index in [2.05, 4.69) is 25.7 Å². The Balaban J connectivity index is 1.54. The van der Waals surface area contributed by atoms with Gasteiger partial charge in [0.1, 0.15) is 11.5 Å². The molecule has 0 aliphatic carbocycles. The number of nitrogens with zero attached hydrogens (tertiary/aromatic N) is 5. The molecule has 0 bridgehead atoms. The summed E-state index contributed by atoms with van der Waals surface area (Å²) < 4.78 is 12.4. The molecule has 9 nitrogen and oxygen atoms in total. The van der Waals surface area contributed by atoms with E-state index in [4.69, 9.17) is 9.47 Å². The zero-order valence-electron chi connectivity index (χ0n) is 18.6. The number of pyridine rings is 1. The molecule has 10 heteroatoms. The fourth-order valence-corrected chi connectivity index (χ4v) is 3.79. The van der Waals surface area contributed by atoms with Crippen LogP contribution < -0.4 is 14.9 Å². The number of hydrogen-bond donors (Lipinski definition) is 1. The molecule has 2 aromatic carbocycles. The van der Waals surface area contributed by atoms with Gasteiger partial charge in [-0.15, -0.1) is 10.2 Å². The fourth-order valence-electron chi connectivity index (χ4n) is 3.05. The number of benzene rings is 2. The van der Waals surface area contributed by atoms with Crippen LogP contribution in [0.3, 0.4) is 0 Å². The number of amides is 1. The van der Waals surface area contributed by atoms with Crippen molar-refractivity contribution in [1.82, 2.24) is 25.2 Å². The van der Waals surface area contributed by atoms with Gasteiger partial charge in [0.25, 0.3) is 5.91 Å². The molecule has 2 heterocycles. The van der Waals surface area contributed by atoms with E-state index in [1.165, 1.54) is 18.0 Å². The standard InChI is InChI=1S/C24H22N6O3S/c1-32-20-9-5-18(6-10-20)23-28-29-24(30(23)19-7-11-21(33-2)12-8-19)34-16-22(31)27-26-15-17-4-3-13-25-14-17/h3-15H,16H2,1-2H3,(H,27,31). The minimum Gasteiger partial charge on any atom is -0.497 e. The highest BCUT2D eigenvalue weighted by atomic mass is 32.2. The van der Waals surface area contributed by atoms with Crippen molar-refractivity contribution in [2.45, 2.75) is 5.16 Å². The molecule has 172 valence electrons. The number of thioether (sulfide) groups is 1. The lowest BCUT2D eigenvalue weighted by molar-refractivity contribution is -0.118. The summed E-state index contributed by atoms with van der Waals surface area (Å²) in [7, 11) is 3.24. The zero-order chi connectivity index (χ0) is 23.8. The first kappa shape index (κ1) is 23.0. The summed E-state index contributed by atoms with van der Waals surface area (Å²) in [5, 5.41) is 13.3. The third-order valence-electron chi connectivity index (χ3n) is 4.73. The van der Waals surface area contributed by atoms with Gasteiger partial charge < -0.3 is 9.47 Å². The minimum absolute atomic E-state index is 0.112. The molecule has 0 aliphatic rings. The molecule has 0 aliphatic heterocycles. The first-order chi connectivity index (χ1) is 16.7. The number of hydrogen-bond acceptors (Lipinski definition) is 8. The first-order valence-electron chi connectivity index (χ1n) is 10.3. The minimum atomic E-state index is -0.264. The summed E-state index contributed by atoms with van der Waals surface area (Å²) in [5.41, 5.74) is 5.02. The maximum Gasteiger partial charge on any atom is 0.250 e. The summed E-state index contributed by atoms with van der Waals surface area (Å²) in [4.78, 5) is 16.3. The number of nitrogens with one attached hydrogen (secondary N) is 1. The summed E-state index contributed by atoms with van der Waals surface area (Å²) in [6, 6.07) is 18.7.